The molecular weight excluding hydrogens is 178 g/mol. The second-order valence-electron chi connectivity index (χ2n) is 4.09. The molecular formula is C7H13NO3S. The molecule has 1 aliphatic heterocycles. The van der Waals surface area contributed by atoms with Gasteiger partial charge in [-0.25, -0.2) is 12.7 Å². The lowest BCUT2D eigenvalue weighted by molar-refractivity contribution is -0.0980. The Balaban J connectivity index is 1.93. The van der Waals surface area contributed by atoms with Crippen LogP contribution in [-0.2, 0) is 10.0 Å². The minimum Gasteiger partial charge on any atom is -0.393 e. The lowest BCUT2D eigenvalue weighted by Gasteiger charge is -2.56. The summed E-state index contributed by atoms with van der Waals surface area (Å²) in [6.45, 7) is 1.23. The third-order valence-corrected chi connectivity index (χ3v) is 4.03. The first kappa shape index (κ1) is 8.47. The zero-order valence-corrected chi connectivity index (χ0v) is 7.84. The predicted molar refractivity (Wildman–Crippen MR) is 44.1 cm³/mol. The van der Waals surface area contributed by atoms with E-state index in [4.69, 9.17) is 5.11 Å². The highest BCUT2D eigenvalue weighted by molar-refractivity contribution is 7.88. The summed E-state index contributed by atoms with van der Waals surface area (Å²) in [5.41, 5.74) is 0.141. The summed E-state index contributed by atoms with van der Waals surface area (Å²) in [6, 6.07) is 0. The normalized spacial score (nSPS) is 29.8. The van der Waals surface area contributed by atoms with E-state index in [1.807, 2.05) is 0 Å². The molecule has 0 aromatic carbocycles. The summed E-state index contributed by atoms with van der Waals surface area (Å²) in [5.74, 6) is 0. The standard InChI is InChI=1S/C7H13NO3S/c1-12(10,11)8-4-7(5-8)2-6(9)3-7/h6,9H,2-5H2,1H3. The molecule has 0 radical (unpaired) electrons. The minimum atomic E-state index is -2.98. The summed E-state index contributed by atoms with van der Waals surface area (Å²) >= 11 is 0. The van der Waals surface area contributed by atoms with Gasteiger partial charge in [-0.3, -0.25) is 0 Å². The van der Waals surface area contributed by atoms with Gasteiger partial charge in [-0.1, -0.05) is 0 Å². The Morgan fingerprint density at radius 2 is 1.92 bits per heavy atom. The fourth-order valence-electron chi connectivity index (χ4n) is 2.13. The number of sulfonamides is 1. The zero-order chi connectivity index (χ0) is 8.98. The van der Waals surface area contributed by atoms with Gasteiger partial charge in [0.25, 0.3) is 0 Å². The maximum atomic E-state index is 11.0. The van der Waals surface area contributed by atoms with Gasteiger partial charge in [0.1, 0.15) is 0 Å². The van der Waals surface area contributed by atoms with Gasteiger partial charge in [0.05, 0.1) is 12.4 Å². The van der Waals surface area contributed by atoms with Crippen molar-refractivity contribution in [2.24, 2.45) is 5.41 Å². The number of nitrogens with zero attached hydrogens (tertiary/aromatic N) is 1. The monoisotopic (exact) mass is 191 g/mol. The highest BCUT2D eigenvalue weighted by Crippen LogP contribution is 2.48. The molecule has 1 heterocycles. The molecule has 1 saturated carbocycles. The van der Waals surface area contributed by atoms with Crippen LogP contribution in [0.2, 0.25) is 0 Å². The van der Waals surface area contributed by atoms with Crippen LogP contribution < -0.4 is 0 Å². The first-order valence-electron chi connectivity index (χ1n) is 4.05. The van der Waals surface area contributed by atoms with E-state index in [1.54, 1.807) is 0 Å². The molecule has 2 rings (SSSR count). The van der Waals surface area contributed by atoms with E-state index in [2.05, 4.69) is 0 Å². The molecule has 1 aliphatic carbocycles. The average Bonchev–Trinajstić information content (AvgIpc) is 1.71. The van der Waals surface area contributed by atoms with Crippen LogP contribution in [0, 0.1) is 5.41 Å². The molecule has 0 bridgehead atoms. The number of aliphatic hydroxyl groups excluding tert-OH is 1. The van der Waals surface area contributed by atoms with Crippen molar-refractivity contribution in [1.29, 1.82) is 0 Å². The number of aliphatic hydroxyl groups is 1. The average molecular weight is 191 g/mol. The second kappa shape index (κ2) is 2.21. The second-order valence-corrected chi connectivity index (χ2v) is 6.08. The zero-order valence-electron chi connectivity index (χ0n) is 7.02. The smallest absolute Gasteiger partial charge is 0.211 e. The Labute approximate surface area is 72.2 Å². The molecule has 5 heteroatoms. The van der Waals surface area contributed by atoms with Gasteiger partial charge in [-0.05, 0) is 12.8 Å². The first-order valence-corrected chi connectivity index (χ1v) is 5.89. The maximum absolute atomic E-state index is 11.0. The molecule has 2 aliphatic rings. The van der Waals surface area contributed by atoms with Crippen molar-refractivity contribution in [1.82, 2.24) is 4.31 Å². The van der Waals surface area contributed by atoms with Crippen LogP contribution in [0.3, 0.4) is 0 Å². The minimum absolute atomic E-state index is 0.141. The van der Waals surface area contributed by atoms with Crippen molar-refractivity contribution >= 4 is 10.0 Å². The summed E-state index contributed by atoms with van der Waals surface area (Å²) < 4.78 is 23.4. The largest absolute Gasteiger partial charge is 0.393 e. The van der Waals surface area contributed by atoms with Gasteiger partial charge >= 0.3 is 0 Å². The summed E-state index contributed by atoms with van der Waals surface area (Å²) in [6.07, 6.45) is 2.60. The molecule has 70 valence electrons. The molecule has 1 saturated heterocycles. The maximum Gasteiger partial charge on any atom is 0.211 e. The number of hydrogen-bond donors (Lipinski definition) is 1. The van der Waals surface area contributed by atoms with E-state index in [0.717, 1.165) is 12.8 Å². The third-order valence-electron chi connectivity index (χ3n) is 2.83. The van der Waals surface area contributed by atoms with Crippen molar-refractivity contribution in [2.75, 3.05) is 19.3 Å². The highest BCUT2D eigenvalue weighted by Gasteiger charge is 2.54. The van der Waals surface area contributed by atoms with Gasteiger partial charge in [0, 0.05) is 18.5 Å². The van der Waals surface area contributed by atoms with E-state index >= 15 is 0 Å². The quantitative estimate of drug-likeness (QED) is 0.602. The van der Waals surface area contributed by atoms with Crippen LogP contribution in [0.15, 0.2) is 0 Å². The molecule has 0 atom stereocenters. The van der Waals surface area contributed by atoms with Crippen LogP contribution >= 0.6 is 0 Å². The number of hydrogen-bond acceptors (Lipinski definition) is 3. The van der Waals surface area contributed by atoms with E-state index < -0.39 is 10.0 Å². The van der Waals surface area contributed by atoms with Crippen LogP contribution in [0.4, 0.5) is 0 Å². The summed E-state index contributed by atoms with van der Waals surface area (Å²) in [5, 5.41) is 9.07. The van der Waals surface area contributed by atoms with Gasteiger partial charge in [-0.15, -0.1) is 0 Å². The van der Waals surface area contributed by atoms with E-state index in [9.17, 15) is 8.42 Å². The van der Waals surface area contributed by atoms with Crippen molar-refractivity contribution in [2.45, 2.75) is 18.9 Å². The molecule has 2 fully saturated rings. The summed E-state index contributed by atoms with van der Waals surface area (Å²) in [4.78, 5) is 0. The summed E-state index contributed by atoms with van der Waals surface area (Å²) in [7, 11) is -2.98. The molecule has 12 heavy (non-hydrogen) atoms. The van der Waals surface area contributed by atoms with Crippen LogP contribution in [0.1, 0.15) is 12.8 Å². The van der Waals surface area contributed by atoms with E-state index in [0.29, 0.717) is 13.1 Å². The van der Waals surface area contributed by atoms with Crippen molar-refractivity contribution in [3.05, 3.63) is 0 Å². The lowest BCUT2D eigenvalue weighted by Crippen LogP contribution is -2.64. The van der Waals surface area contributed by atoms with E-state index in [-0.39, 0.29) is 11.5 Å². The first-order chi connectivity index (χ1) is 5.41. The SMILES string of the molecule is CS(=O)(=O)N1CC2(CC(O)C2)C1. The molecule has 1 N–H and O–H groups in total. The van der Waals surface area contributed by atoms with Gasteiger partial charge in [0.15, 0.2) is 0 Å². The van der Waals surface area contributed by atoms with Crippen molar-refractivity contribution < 1.29 is 13.5 Å². The molecule has 0 aromatic rings. The lowest BCUT2D eigenvalue weighted by atomic mass is 9.63. The van der Waals surface area contributed by atoms with Gasteiger partial charge in [-0.2, -0.15) is 0 Å². The Bertz CT molecular complexity index is 284. The predicted octanol–water partition coefficient (Wildman–Crippen LogP) is -0.597. The molecule has 0 amide bonds. The molecule has 1 spiro atoms. The third kappa shape index (κ3) is 1.16. The van der Waals surface area contributed by atoms with E-state index in [1.165, 1.54) is 10.6 Å². The highest BCUT2D eigenvalue weighted by atomic mass is 32.2. The Morgan fingerprint density at radius 3 is 2.25 bits per heavy atom. The fourth-order valence-corrected chi connectivity index (χ4v) is 3.15. The van der Waals surface area contributed by atoms with Crippen molar-refractivity contribution in [3.8, 4) is 0 Å². The molecule has 0 aromatic heterocycles. The Morgan fingerprint density at radius 1 is 1.42 bits per heavy atom. The van der Waals surface area contributed by atoms with Gasteiger partial charge in [0.2, 0.25) is 10.0 Å². The molecule has 4 nitrogen and oxygen atoms in total. The number of rotatable bonds is 1. The van der Waals surface area contributed by atoms with Gasteiger partial charge < -0.3 is 5.11 Å². The topological polar surface area (TPSA) is 57.6 Å². The Kier molecular flexibility index (Phi) is 1.56. The van der Waals surface area contributed by atoms with Crippen molar-refractivity contribution in [3.63, 3.8) is 0 Å². The van der Waals surface area contributed by atoms with Crippen LogP contribution in [0.25, 0.3) is 0 Å². The fraction of sp³-hybridized carbons (Fsp3) is 1.00. The van der Waals surface area contributed by atoms with Crippen LogP contribution in [0.5, 0.6) is 0 Å². The van der Waals surface area contributed by atoms with Crippen LogP contribution in [-0.4, -0.2) is 43.3 Å². The Hall–Kier alpha value is -0.130. The molecule has 0 unspecified atom stereocenters.